The maximum atomic E-state index is 12.6. The van der Waals surface area contributed by atoms with Crippen molar-refractivity contribution >= 4 is 22.8 Å². The van der Waals surface area contributed by atoms with E-state index in [1.165, 1.54) is 0 Å². The van der Waals surface area contributed by atoms with Gasteiger partial charge < -0.3 is 24.4 Å². The largest absolute Gasteiger partial charge is 0.493 e. The number of hydrogen-bond acceptors (Lipinski definition) is 5. The Balaban J connectivity index is 1.79. The van der Waals surface area contributed by atoms with Crippen LogP contribution in [0.4, 0.5) is 0 Å². The molecular weight excluding hydrogens is 368 g/mol. The molecule has 0 saturated carbocycles. The minimum absolute atomic E-state index is 0.0623. The average Bonchev–Trinajstić information content (AvgIpc) is 2.76. The quantitative estimate of drug-likeness (QED) is 0.725. The van der Waals surface area contributed by atoms with Gasteiger partial charge in [-0.05, 0) is 61.5 Å². The SMILES string of the molecule is CNCC1CCN(C(=O)/C=C/c2ccc3cc(OC)c(OC)c(OC)c3c2)CC1. The summed E-state index contributed by atoms with van der Waals surface area (Å²) in [5.41, 5.74) is 0.932. The number of amides is 1. The van der Waals surface area contributed by atoms with Gasteiger partial charge in [-0.15, -0.1) is 0 Å². The van der Waals surface area contributed by atoms with Crippen LogP contribution < -0.4 is 19.5 Å². The third-order valence-corrected chi connectivity index (χ3v) is 5.50. The van der Waals surface area contributed by atoms with Crippen LogP contribution in [-0.2, 0) is 4.79 Å². The van der Waals surface area contributed by atoms with Crippen LogP contribution in [0.2, 0.25) is 0 Å². The zero-order chi connectivity index (χ0) is 20.8. The monoisotopic (exact) mass is 398 g/mol. The summed E-state index contributed by atoms with van der Waals surface area (Å²) >= 11 is 0. The first-order chi connectivity index (χ1) is 14.1. The Kier molecular flexibility index (Phi) is 6.99. The summed E-state index contributed by atoms with van der Waals surface area (Å²) in [6, 6.07) is 7.90. The molecule has 0 radical (unpaired) electrons. The second-order valence-corrected chi connectivity index (χ2v) is 7.29. The van der Waals surface area contributed by atoms with E-state index in [9.17, 15) is 4.79 Å². The lowest BCUT2D eigenvalue weighted by atomic mass is 9.97. The lowest BCUT2D eigenvalue weighted by Crippen LogP contribution is -2.39. The number of carbonyl (C=O) groups excluding carboxylic acids is 1. The molecule has 2 aromatic carbocycles. The number of nitrogens with one attached hydrogen (secondary N) is 1. The van der Waals surface area contributed by atoms with Crippen LogP contribution >= 0.6 is 0 Å². The molecule has 1 N–H and O–H groups in total. The lowest BCUT2D eigenvalue weighted by molar-refractivity contribution is -0.127. The molecule has 0 bridgehead atoms. The summed E-state index contributed by atoms with van der Waals surface area (Å²) in [5.74, 6) is 2.52. The predicted molar refractivity (Wildman–Crippen MR) is 116 cm³/mol. The number of nitrogens with zero attached hydrogens (tertiary/aromatic N) is 1. The number of hydrogen-bond donors (Lipinski definition) is 1. The summed E-state index contributed by atoms with van der Waals surface area (Å²) in [5, 5.41) is 5.11. The zero-order valence-corrected chi connectivity index (χ0v) is 17.7. The van der Waals surface area contributed by atoms with Crippen LogP contribution in [0.1, 0.15) is 18.4 Å². The van der Waals surface area contributed by atoms with Gasteiger partial charge in [-0.25, -0.2) is 0 Å². The third kappa shape index (κ3) is 4.65. The standard InChI is InChI=1S/C23H30N2O4/c1-24-15-17-9-11-25(12-10-17)21(26)8-6-16-5-7-18-14-20(27-2)23(29-4)22(28-3)19(18)13-16/h5-8,13-14,17,24H,9-12,15H2,1-4H3/b8-6+. The van der Waals surface area contributed by atoms with Crippen LogP contribution in [-0.4, -0.2) is 58.8 Å². The van der Waals surface area contributed by atoms with Gasteiger partial charge in [0.25, 0.3) is 0 Å². The van der Waals surface area contributed by atoms with E-state index in [2.05, 4.69) is 5.32 Å². The topological polar surface area (TPSA) is 60.0 Å². The van der Waals surface area contributed by atoms with Crippen LogP contribution in [0.5, 0.6) is 17.2 Å². The molecule has 6 nitrogen and oxygen atoms in total. The molecule has 1 heterocycles. The number of piperidine rings is 1. The first-order valence-electron chi connectivity index (χ1n) is 9.95. The van der Waals surface area contributed by atoms with E-state index < -0.39 is 0 Å². The van der Waals surface area contributed by atoms with E-state index in [0.29, 0.717) is 23.2 Å². The Labute approximate surface area is 172 Å². The van der Waals surface area contributed by atoms with Crippen molar-refractivity contribution in [1.29, 1.82) is 0 Å². The molecule has 29 heavy (non-hydrogen) atoms. The number of ether oxygens (including phenoxy) is 3. The minimum Gasteiger partial charge on any atom is -0.493 e. The second-order valence-electron chi connectivity index (χ2n) is 7.29. The first-order valence-corrected chi connectivity index (χ1v) is 9.95. The normalized spacial score (nSPS) is 15.1. The Morgan fingerprint density at radius 3 is 2.45 bits per heavy atom. The van der Waals surface area contributed by atoms with Gasteiger partial charge in [-0.3, -0.25) is 4.79 Å². The highest BCUT2D eigenvalue weighted by atomic mass is 16.5. The fourth-order valence-corrected chi connectivity index (χ4v) is 3.91. The van der Waals surface area contributed by atoms with Crippen molar-refractivity contribution in [2.24, 2.45) is 5.92 Å². The Bertz CT molecular complexity index is 886. The Morgan fingerprint density at radius 2 is 1.83 bits per heavy atom. The summed E-state index contributed by atoms with van der Waals surface area (Å²) in [7, 11) is 6.78. The highest BCUT2D eigenvalue weighted by Crippen LogP contribution is 2.43. The first kappa shape index (κ1) is 21.0. The third-order valence-electron chi connectivity index (χ3n) is 5.50. The van der Waals surface area contributed by atoms with Gasteiger partial charge in [0.05, 0.1) is 21.3 Å². The van der Waals surface area contributed by atoms with Gasteiger partial charge in [0.2, 0.25) is 11.7 Å². The van der Waals surface area contributed by atoms with Crippen LogP contribution in [0.15, 0.2) is 30.3 Å². The van der Waals surface area contributed by atoms with Crippen molar-refractivity contribution < 1.29 is 19.0 Å². The van der Waals surface area contributed by atoms with Gasteiger partial charge in [-0.2, -0.15) is 0 Å². The maximum absolute atomic E-state index is 12.6. The fourth-order valence-electron chi connectivity index (χ4n) is 3.91. The van der Waals surface area contributed by atoms with Crippen molar-refractivity contribution in [3.63, 3.8) is 0 Å². The molecular formula is C23H30N2O4. The van der Waals surface area contributed by atoms with Crippen molar-refractivity contribution in [2.45, 2.75) is 12.8 Å². The summed E-state index contributed by atoms with van der Waals surface area (Å²) in [6.45, 7) is 2.65. The highest BCUT2D eigenvalue weighted by molar-refractivity contribution is 5.96. The molecule has 1 aliphatic rings. The minimum atomic E-state index is 0.0623. The average molecular weight is 399 g/mol. The van der Waals surface area contributed by atoms with Gasteiger partial charge in [-0.1, -0.05) is 12.1 Å². The van der Waals surface area contributed by atoms with E-state index in [1.807, 2.05) is 42.3 Å². The Morgan fingerprint density at radius 1 is 1.10 bits per heavy atom. The van der Waals surface area contributed by atoms with Crippen molar-refractivity contribution in [3.8, 4) is 17.2 Å². The van der Waals surface area contributed by atoms with Gasteiger partial charge in [0, 0.05) is 24.6 Å². The molecule has 2 aromatic rings. The molecule has 1 amide bonds. The molecule has 6 heteroatoms. The molecule has 1 saturated heterocycles. The summed E-state index contributed by atoms with van der Waals surface area (Å²) in [6.07, 6.45) is 5.62. The van der Waals surface area contributed by atoms with Gasteiger partial charge >= 0.3 is 0 Å². The maximum Gasteiger partial charge on any atom is 0.246 e. The summed E-state index contributed by atoms with van der Waals surface area (Å²) in [4.78, 5) is 14.5. The van der Waals surface area contributed by atoms with E-state index in [0.717, 1.165) is 48.8 Å². The van der Waals surface area contributed by atoms with Gasteiger partial charge in [0.15, 0.2) is 11.5 Å². The molecule has 0 unspecified atom stereocenters. The number of rotatable bonds is 7. The predicted octanol–water partition coefficient (Wildman–Crippen LogP) is 3.34. The van der Waals surface area contributed by atoms with Crippen molar-refractivity contribution in [2.75, 3.05) is 48.0 Å². The van der Waals surface area contributed by atoms with Crippen molar-refractivity contribution in [3.05, 3.63) is 35.9 Å². The number of carbonyl (C=O) groups is 1. The number of fused-ring (bicyclic) bond motifs is 1. The van der Waals surface area contributed by atoms with E-state index in [1.54, 1.807) is 27.4 Å². The molecule has 1 fully saturated rings. The number of likely N-dealkylation sites (tertiary alicyclic amines) is 1. The van der Waals surface area contributed by atoms with E-state index in [4.69, 9.17) is 14.2 Å². The van der Waals surface area contributed by atoms with E-state index in [-0.39, 0.29) is 5.91 Å². The Hall–Kier alpha value is -2.73. The van der Waals surface area contributed by atoms with Crippen LogP contribution in [0.3, 0.4) is 0 Å². The van der Waals surface area contributed by atoms with Crippen molar-refractivity contribution in [1.82, 2.24) is 10.2 Å². The molecule has 3 rings (SSSR count). The molecule has 0 aliphatic carbocycles. The molecule has 0 spiro atoms. The van der Waals surface area contributed by atoms with Crippen LogP contribution in [0.25, 0.3) is 16.8 Å². The number of benzene rings is 2. The highest BCUT2D eigenvalue weighted by Gasteiger charge is 2.21. The molecule has 156 valence electrons. The molecule has 1 aliphatic heterocycles. The second kappa shape index (κ2) is 9.65. The zero-order valence-electron chi connectivity index (χ0n) is 17.7. The molecule has 0 aromatic heterocycles. The number of methoxy groups -OCH3 is 3. The van der Waals surface area contributed by atoms with Gasteiger partial charge in [0.1, 0.15) is 0 Å². The fraction of sp³-hybridized carbons (Fsp3) is 0.435. The molecule has 0 atom stereocenters. The lowest BCUT2D eigenvalue weighted by Gasteiger charge is -2.31. The summed E-state index contributed by atoms with van der Waals surface area (Å²) < 4.78 is 16.5. The van der Waals surface area contributed by atoms with E-state index >= 15 is 0 Å². The smallest absolute Gasteiger partial charge is 0.246 e. The van der Waals surface area contributed by atoms with Crippen LogP contribution in [0, 0.1) is 5.92 Å².